The fourth-order valence-corrected chi connectivity index (χ4v) is 3.97. The van der Waals surface area contributed by atoms with Gasteiger partial charge in [-0.1, -0.05) is 0 Å². The number of methoxy groups -OCH3 is 1. The quantitative estimate of drug-likeness (QED) is 0.598. The third-order valence-corrected chi connectivity index (χ3v) is 5.56. The second kappa shape index (κ2) is 9.29. The van der Waals surface area contributed by atoms with Crippen LogP contribution in [0, 0.1) is 12.8 Å². The minimum Gasteiger partial charge on any atom is -0.496 e. The number of aliphatic hydroxyl groups is 1. The number of benzene rings is 1. The van der Waals surface area contributed by atoms with Gasteiger partial charge in [-0.3, -0.25) is 0 Å². The summed E-state index contributed by atoms with van der Waals surface area (Å²) in [5.74, 6) is 0.381. The van der Waals surface area contributed by atoms with Crippen LogP contribution >= 0.6 is 0 Å². The molecule has 1 aliphatic rings. The molecule has 9 heteroatoms. The molecular weight excluding hydrogens is 439 g/mol. The topological polar surface area (TPSA) is 72.1 Å². The Balaban J connectivity index is 1.82. The number of hydrogen-bond acceptors (Lipinski definition) is 5. The fraction of sp³-hybridized carbons (Fsp3) is 0.542. The van der Waals surface area contributed by atoms with E-state index in [0.717, 1.165) is 12.1 Å². The van der Waals surface area contributed by atoms with E-state index < -0.39 is 29.5 Å². The molecule has 2 heterocycles. The molecule has 33 heavy (non-hydrogen) atoms. The molecule has 1 fully saturated rings. The Kier molecular flexibility index (Phi) is 7.02. The van der Waals surface area contributed by atoms with Gasteiger partial charge >= 0.3 is 12.3 Å². The van der Waals surface area contributed by atoms with Crippen LogP contribution in [0.2, 0.25) is 0 Å². The molecule has 1 aromatic carbocycles. The first kappa shape index (κ1) is 25.0. The first-order chi connectivity index (χ1) is 15.3. The number of carbonyl (C=O) groups is 1. The number of nitrogens with zero attached hydrogens (tertiary/aromatic N) is 1. The molecule has 3 rings (SSSR count). The summed E-state index contributed by atoms with van der Waals surface area (Å²) in [5, 5.41) is 11.0. The summed E-state index contributed by atoms with van der Waals surface area (Å²) in [6.45, 7) is 8.00. The SMILES string of the molecule is COc1cc(C(F)(F)F)ccc1-c1oc([C@H](O)[C@@H]2CCCN(C(=O)OC(C)(C)C)C2)cc1C. The molecule has 0 bridgehead atoms. The third-order valence-electron chi connectivity index (χ3n) is 5.56. The molecule has 1 aromatic heterocycles. The summed E-state index contributed by atoms with van der Waals surface area (Å²) in [6, 6.07) is 4.86. The van der Waals surface area contributed by atoms with Crippen LogP contribution in [-0.4, -0.2) is 41.9 Å². The van der Waals surface area contributed by atoms with E-state index in [0.29, 0.717) is 48.6 Å². The van der Waals surface area contributed by atoms with Crippen molar-refractivity contribution in [3.05, 3.63) is 41.2 Å². The lowest BCUT2D eigenvalue weighted by Crippen LogP contribution is -2.44. The van der Waals surface area contributed by atoms with Crippen LogP contribution in [0.25, 0.3) is 11.3 Å². The Morgan fingerprint density at radius 1 is 1.24 bits per heavy atom. The minimum absolute atomic E-state index is 0.0251. The number of aliphatic hydroxyl groups excluding tert-OH is 1. The number of ether oxygens (including phenoxy) is 2. The van der Waals surface area contributed by atoms with Crippen LogP contribution in [0.5, 0.6) is 5.75 Å². The molecule has 0 radical (unpaired) electrons. The van der Waals surface area contributed by atoms with Crippen LogP contribution in [0.4, 0.5) is 18.0 Å². The number of hydrogen-bond donors (Lipinski definition) is 1. The number of carbonyl (C=O) groups excluding carboxylic acids is 1. The maximum atomic E-state index is 13.1. The lowest BCUT2D eigenvalue weighted by atomic mass is 9.91. The van der Waals surface area contributed by atoms with Crippen molar-refractivity contribution in [3.63, 3.8) is 0 Å². The normalized spacial score (nSPS) is 18.2. The Morgan fingerprint density at radius 3 is 2.55 bits per heavy atom. The molecule has 0 spiro atoms. The summed E-state index contributed by atoms with van der Waals surface area (Å²) < 4.78 is 55.7. The molecule has 1 saturated heterocycles. The Hall–Kier alpha value is -2.68. The molecule has 1 aliphatic heterocycles. The highest BCUT2D eigenvalue weighted by molar-refractivity contribution is 5.70. The highest BCUT2D eigenvalue weighted by Gasteiger charge is 2.34. The van der Waals surface area contributed by atoms with Crippen molar-refractivity contribution in [1.29, 1.82) is 0 Å². The Labute approximate surface area is 191 Å². The van der Waals surface area contributed by atoms with Crippen molar-refractivity contribution >= 4 is 6.09 Å². The summed E-state index contributed by atoms with van der Waals surface area (Å²) in [5.41, 5.74) is -0.421. The number of furan rings is 1. The van der Waals surface area contributed by atoms with Crippen molar-refractivity contribution in [1.82, 2.24) is 4.90 Å². The van der Waals surface area contributed by atoms with E-state index in [-0.39, 0.29) is 11.7 Å². The molecule has 182 valence electrons. The highest BCUT2D eigenvalue weighted by Crippen LogP contribution is 2.41. The molecule has 2 atom stereocenters. The maximum Gasteiger partial charge on any atom is 0.416 e. The van der Waals surface area contributed by atoms with Gasteiger partial charge < -0.3 is 23.9 Å². The van der Waals surface area contributed by atoms with Crippen LogP contribution in [0.3, 0.4) is 0 Å². The van der Waals surface area contributed by atoms with Gasteiger partial charge in [-0.15, -0.1) is 0 Å². The molecule has 0 aliphatic carbocycles. The fourth-order valence-electron chi connectivity index (χ4n) is 3.97. The lowest BCUT2D eigenvalue weighted by molar-refractivity contribution is -0.137. The van der Waals surface area contributed by atoms with E-state index in [9.17, 15) is 23.1 Å². The number of aryl methyl sites for hydroxylation is 1. The second-order valence-corrected chi connectivity index (χ2v) is 9.35. The van der Waals surface area contributed by atoms with E-state index in [1.807, 2.05) is 0 Å². The maximum absolute atomic E-state index is 13.1. The summed E-state index contributed by atoms with van der Waals surface area (Å²) >= 11 is 0. The number of piperidine rings is 1. The predicted octanol–water partition coefficient (Wildman–Crippen LogP) is 5.96. The van der Waals surface area contributed by atoms with Gasteiger partial charge in [0.25, 0.3) is 0 Å². The van der Waals surface area contributed by atoms with Crippen LogP contribution in [-0.2, 0) is 10.9 Å². The lowest BCUT2D eigenvalue weighted by Gasteiger charge is -2.35. The standard InChI is InChI=1S/C24H30F3NO5/c1-14-11-19(20(29)15-7-6-10-28(13-15)22(30)33-23(2,3)4)32-21(14)17-9-8-16(24(25,26)27)12-18(17)31-5/h8-9,11-12,15,20,29H,6-7,10,13H2,1-5H3/t15-,20-/m1/s1. The van der Waals surface area contributed by atoms with E-state index in [1.165, 1.54) is 13.2 Å². The molecule has 0 unspecified atom stereocenters. The average molecular weight is 470 g/mol. The molecule has 6 nitrogen and oxygen atoms in total. The number of alkyl halides is 3. The van der Waals surface area contributed by atoms with Gasteiger partial charge in [0.1, 0.15) is 29.0 Å². The molecule has 1 amide bonds. The Morgan fingerprint density at radius 2 is 1.94 bits per heavy atom. The Bertz CT molecular complexity index is 993. The zero-order valence-corrected chi connectivity index (χ0v) is 19.5. The summed E-state index contributed by atoms with van der Waals surface area (Å²) in [4.78, 5) is 14.0. The van der Waals surface area contributed by atoms with Crippen molar-refractivity contribution in [3.8, 4) is 17.1 Å². The van der Waals surface area contributed by atoms with Gasteiger partial charge in [0.2, 0.25) is 0 Å². The van der Waals surface area contributed by atoms with E-state index in [2.05, 4.69) is 0 Å². The van der Waals surface area contributed by atoms with Gasteiger partial charge in [-0.25, -0.2) is 4.79 Å². The average Bonchev–Trinajstić information content (AvgIpc) is 3.12. The largest absolute Gasteiger partial charge is 0.496 e. The third kappa shape index (κ3) is 5.82. The van der Waals surface area contributed by atoms with Gasteiger partial charge in [-0.2, -0.15) is 13.2 Å². The zero-order valence-electron chi connectivity index (χ0n) is 19.5. The first-order valence-corrected chi connectivity index (χ1v) is 10.8. The van der Waals surface area contributed by atoms with Gasteiger partial charge in [-0.05, 0) is 70.4 Å². The number of halogens is 3. The molecule has 0 saturated carbocycles. The smallest absolute Gasteiger partial charge is 0.416 e. The zero-order chi connectivity index (χ0) is 24.6. The second-order valence-electron chi connectivity index (χ2n) is 9.35. The van der Waals surface area contributed by atoms with Crippen LogP contribution in [0.1, 0.15) is 56.6 Å². The van der Waals surface area contributed by atoms with Crippen LogP contribution in [0.15, 0.2) is 28.7 Å². The number of likely N-dealkylation sites (tertiary alicyclic amines) is 1. The van der Waals surface area contributed by atoms with Crippen LogP contribution < -0.4 is 4.74 Å². The van der Waals surface area contributed by atoms with E-state index in [4.69, 9.17) is 13.9 Å². The van der Waals surface area contributed by atoms with E-state index >= 15 is 0 Å². The molecule has 2 aromatic rings. The monoisotopic (exact) mass is 469 g/mol. The van der Waals surface area contributed by atoms with Gasteiger partial charge in [0.15, 0.2) is 0 Å². The summed E-state index contributed by atoms with van der Waals surface area (Å²) in [7, 11) is 1.29. The number of rotatable bonds is 4. The van der Waals surface area contributed by atoms with Crippen molar-refractivity contribution in [2.75, 3.05) is 20.2 Å². The predicted molar refractivity (Wildman–Crippen MR) is 116 cm³/mol. The van der Waals surface area contributed by atoms with E-state index in [1.54, 1.807) is 38.7 Å². The molecule has 1 N–H and O–H groups in total. The first-order valence-electron chi connectivity index (χ1n) is 10.8. The van der Waals surface area contributed by atoms with Crippen molar-refractivity contribution < 1.29 is 37.0 Å². The summed E-state index contributed by atoms with van der Waals surface area (Å²) in [6.07, 6.45) is -4.50. The van der Waals surface area contributed by atoms with Gasteiger partial charge in [0.05, 0.1) is 18.2 Å². The highest BCUT2D eigenvalue weighted by atomic mass is 19.4. The van der Waals surface area contributed by atoms with Gasteiger partial charge in [0, 0.05) is 19.0 Å². The minimum atomic E-state index is -4.49. The molecular formula is C24H30F3NO5. The van der Waals surface area contributed by atoms with Crippen molar-refractivity contribution in [2.24, 2.45) is 5.92 Å². The number of amides is 1. The van der Waals surface area contributed by atoms with Crippen molar-refractivity contribution in [2.45, 2.75) is 58.4 Å².